The molecule has 0 aromatic heterocycles. The Hall–Kier alpha value is -1.52. The normalized spacial score (nSPS) is 17.0. The fraction of sp³-hybridized carbons (Fsp3) is 0.333. The number of nitrogens with zero attached hydrogens (tertiary/aromatic N) is 2. The zero-order valence-electron chi connectivity index (χ0n) is 15.2. The van der Waals surface area contributed by atoms with Gasteiger partial charge in [0.05, 0.1) is 4.90 Å². The van der Waals surface area contributed by atoms with E-state index in [2.05, 4.69) is 0 Å². The standard InChI is InChI=1S/C18H20ClFN2O4S2/c1-27(23,24)17-4-2-3-5-18(17)28(25,26)22-10-8-21(9-11-22)13-14-6-7-15(20)12-16(14)19/h2-7,12H,8-11,13H2,1H3. The van der Waals surface area contributed by atoms with Crippen molar-refractivity contribution in [3.8, 4) is 0 Å². The molecule has 0 aliphatic carbocycles. The molecule has 28 heavy (non-hydrogen) atoms. The molecule has 1 saturated heterocycles. The number of benzene rings is 2. The van der Waals surface area contributed by atoms with Crippen molar-refractivity contribution in [1.82, 2.24) is 9.21 Å². The van der Waals surface area contributed by atoms with E-state index in [-0.39, 0.29) is 22.9 Å². The van der Waals surface area contributed by atoms with Gasteiger partial charge in [0, 0.05) is 44.0 Å². The molecule has 1 aliphatic heterocycles. The molecule has 0 N–H and O–H groups in total. The maximum atomic E-state index is 13.2. The third kappa shape index (κ3) is 4.55. The van der Waals surface area contributed by atoms with E-state index >= 15 is 0 Å². The van der Waals surface area contributed by atoms with Crippen molar-refractivity contribution >= 4 is 31.5 Å². The van der Waals surface area contributed by atoms with Crippen LogP contribution < -0.4 is 0 Å². The van der Waals surface area contributed by atoms with E-state index in [0.29, 0.717) is 24.7 Å². The lowest BCUT2D eigenvalue weighted by Gasteiger charge is -2.34. The number of piperazine rings is 1. The molecule has 0 bridgehead atoms. The molecule has 1 heterocycles. The van der Waals surface area contributed by atoms with E-state index in [1.807, 2.05) is 4.90 Å². The maximum Gasteiger partial charge on any atom is 0.244 e. The highest BCUT2D eigenvalue weighted by molar-refractivity contribution is 7.93. The van der Waals surface area contributed by atoms with Gasteiger partial charge < -0.3 is 0 Å². The summed E-state index contributed by atoms with van der Waals surface area (Å²) < 4.78 is 64.4. The molecule has 2 aromatic carbocycles. The Morgan fingerprint density at radius 3 is 2.14 bits per heavy atom. The lowest BCUT2D eigenvalue weighted by atomic mass is 10.2. The Bertz CT molecular complexity index is 1080. The van der Waals surface area contributed by atoms with Crippen LogP contribution in [-0.2, 0) is 26.4 Å². The van der Waals surface area contributed by atoms with Crippen LogP contribution >= 0.6 is 11.6 Å². The first-order chi connectivity index (χ1) is 13.1. The number of halogens is 2. The number of hydrogen-bond donors (Lipinski definition) is 0. The number of hydrogen-bond acceptors (Lipinski definition) is 5. The third-order valence-electron chi connectivity index (χ3n) is 4.61. The summed E-state index contributed by atoms with van der Waals surface area (Å²) in [4.78, 5) is 1.62. The molecule has 0 atom stereocenters. The molecule has 0 saturated carbocycles. The third-order valence-corrected chi connectivity index (χ3v) is 8.20. The summed E-state index contributed by atoms with van der Waals surface area (Å²) in [5.74, 6) is -0.408. The molecule has 152 valence electrons. The Morgan fingerprint density at radius 2 is 1.57 bits per heavy atom. The molecule has 1 aliphatic rings. The Balaban J connectivity index is 1.74. The Kier molecular flexibility index (Phi) is 6.11. The van der Waals surface area contributed by atoms with Gasteiger partial charge in [0.1, 0.15) is 10.7 Å². The second-order valence-electron chi connectivity index (χ2n) is 6.63. The summed E-state index contributed by atoms with van der Waals surface area (Å²) in [6.07, 6.45) is 0.992. The lowest BCUT2D eigenvalue weighted by Crippen LogP contribution is -2.48. The van der Waals surface area contributed by atoms with Crippen molar-refractivity contribution in [1.29, 1.82) is 0 Å². The average molecular weight is 447 g/mol. The summed E-state index contributed by atoms with van der Waals surface area (Å²) in [7, 11) is -7.61. The van der Waals surface area contributed by atoms with Crippen LogP contribution in [0.15, 0.2) is 52.3 Å². The molecular weight excluding hydrogens is 427 g/mol. The molecule has 3 rings (SSSR count). The highest BCUT2D eigenvalue weighted by Gasteiger charge is 2.32. The number of sulfone groups is 1. The fourth-order valence-electron chi connectivity index (χ4n) is 3.13. The first-order valence-corrected chi connectivity index (χ1v) is 12.3. The van der Waals surface area contributed by atoms with Crippen molar-refractivity contribution in [2.75, 3.05) is 32.4 Å². The topological polar surface area (TPSA) is 74.8 Å². The first kappa shape index (κ1) is 21.2. The molecular formula is C18H20ClFN2O4S2. The van der Waals surface area contributed by atoms with E-state index in [1.165, 1.54) is 40.7 Å². The minimum absolute atomic E-state index is 0.199. The van der Waals surface area contributed by atoms with Crippen molar-refractivity contribution < 1.29 is 21.2 Å². The molecule has 6 nitrogen and oxygen atoms in total. The van der Waals surface area contributed by atoms with E-state index in [1.54, 1.807) is 6.07 Å². The van der Waals surface area contributed by atoms with E-state index in [4.69, 9.17) is 11.6 Å². The molecule has 2 aromatic rings. The van der Waals surface area contributed by atoms with Gasteiger partial charge in [-0.25, -0.2) is 21.2 Å². The maximum absolute atomic E-state index is 13.2. The van der Waals surface area contributed by atoms with Crippen LogP contribution in [0, 0.1) is 5.82 Å². The predicted octanol–water partition coefficient (Wildman–Crippen LogP) is 2.39. The second-order valence-corrected chi connectivity index (χ2v) is 10.9. The summed E-state index contributed by atoms with van der Waals surface area (Å²) in [5, 5.41) is 0.331. The van der Waals surface area contributed by atoms with Crippen LogP contribution in [0.1, 0.15) is 5.56 Å². The highest BCUT2D eigenvalue weighted by Crippen LogP contribution is 2.26. The van der Waals surface area contributed by atoms with Crippen LogP contribution in [0.4, 0.5) is 4.39 Å². The number of rotatable bonds is 5. The van der Waals surface area contributed by atoms with Gasteiger partial charge in [0.25, 0.3) is 0 Å². The Labute approximate surface area is 169 Å². The molecule has 0 unspecified atom stereocenters. The minimum atomic E-state index is -3.93. The quantitative estimate of drug-likeness (QED) is 0.705. The molecule has 1 fully saturated rings. The van der Waals surface area contributed by atoms with Crippen LogP contribution in [-0.4, -0.2) is 58.5 Å². The zero-order valence-corrected chi connectivity index (χ0v) is 17.6. The van der Waals surface area contributed by atoms with Crippen LogP contribution in [0.25, 0.3) is 0 Å². The van der Waals surface area contributed by atoms with E-state index in [0.717, 1.165) is 11.8 Å². The van der Waals surface area contributed by atoms with E-state index in [9.17, 15) is 21.2 Å². The van der Waals surface area contributed by atoms with Gasteiger partial charge in [-0.2, -0.15) is 4.31 Å². The van der Waals surface area contributed by atoms with Crippen molar-refractivity contribution in [2.24, 2.45) is 0 Å². The van der Waals surface area contributed by atoms with Gasteiger partial charge in [-0.3, -0.25) is 4.90 Å². The van der Waals surface area contributed by atoms with Gasteiger partial charge in [-0.1, -0.05) is 29.8 Å². The molecule has 0 amide bonds. The fourth-order valence-corrected chi connectivity index (χ4v) is 6.38. The van der Waals surface area contributed by atoms with Gasteiger partial charge in [-0.15, -0.1) is 0 Å². The van der Waals surface area contributed by atoms with Crippen LogP contribution in [0.3, 0.4) is 0 Å². The summed E-state index contributed by atoms with van der Waals surface area (Å²) >= 11 is 6.06. The summed E-state index contributed by atoms with van der Waals surface area (Å²) in [6.45, 7) is 1.83. The van der Waals surface area contributed by atoms with Crippen molar-refractivity contribution in [2.45, 2.75) is 16.3 Å². The molecule has 0 spiro atoms. The summed E-state index contributed by atoms with van der Waals surface area (Å²) in [6, 6.07) is 9.83. The molecule has 0 radical (unpaired) electrons. The van der Waals surface area contributed by atoms with Gasteiger partial charge in [0.2, 0.25) is 10.0 Å². The molecule has 10 heteroatoms. The van der Waals surface area contributed by atoms with Crippen LogP contribution in [0.2, 0.25) is 5.02 Å². The highest BCUT2D eigenvalue weighted by atomic mass is 35.5. The van der Waals surface area contributed by atoms with Crippen LogP contribution in [0.5, 0.6) is 0 Å². The zero-order chi connectivity index (χ0) is 20.5. The monoisotopic (exact) mass is 446 g/mol. The average Bonchev–Trinajstić information content (AvgIpc) is 2.64. The smallest absolute Gasteiger partial charge is 0.244 e. The SMILES string of the molecule is CS(=O)(=O)c1ccccc1S(=O)(=O)N1CCN(Cc2ccc(F)cc2Cl)CC1. The first-order valence-electron chi connectivity index (χ1n) is 8.54. The predicted molar refractivity (Wildman–Crippen MR) is 105 cm³/mol. The Morgan fingerprint density at radius 1 is 0.964 bits per heavy atom. The number of sulfonamides is 1. The largest absolute Gasteiger partial charge is 0.296 e. The lowest BCUT2D eigenvalue weighted by molar-refractivity contribution is 0.181. The minimum Gasteiger partial charge on any atom is -0.296 e. The van der Waals surface area contributed by atoms with Crippen molar-refractivity contribution in [3.63, 3.8) is 0 Å². The van der Waals surface area contributed by atoms with Gasteiger partial charge in [0.15, 0.2) is 9.84 Å². The second kappa shape index (κ2) is 8.08. The van der Waals surface area contributed by atoms with E-state index < -0.39 is 25.7 Å². The van der Waals surface area contributed by atoms with Gasteiger partial charge in [-0.05, 0) is 29.8 Å². The summed E-state index contributed by atoms with van der Waals surface area (Å²) in [5.41, 5.74) is 0.766. The van der Waals surface area contributed by atoms with Crippen molar-refractivity contribution in [3.05, 3.63) is 58.9 Å². The van der Waals surface area contributed by atoms with Gasteiger partial charge >= 0.3 is 0 Å².